The van der Waals surface area contributed by atoms with Crippen molar-refractivity contribution in [3.63, 3.8) is 0 Å². The number of ether oxygens (including phenoxy) is 1. The molecule has 2 N–H and O–H groups in total. The summed E-state index contributed by atoms with van der Waals surface area (Å²) in [5.74, 6) is 0.538. The van der Waals surface area contributed by atoms with Crippen LogP contribution in [0.15, 0.2) is 53.4 Å². The minimum absolute atomic E-state index is 0.162. The summed E-state index contributed by atoms with van der Waals surface area (Å²) >= 11 is 0. The van der Waals surface area contributed by atoms with Gasteiger partial charge >= 0.3 is 0 Å². The third-order valence-corrected chi connectivity index (χ3v) is 6.65. The average Bonchev–Trinajstić information content (AvgIpc) is 3.16. The lowest BCUT2D eigenvalue weighted by Gasteiger charge is -2.26. The van der Waals surface area contributed by atoms with Crippen molar-refractivity contribution in [1.29, 1.82) is 0 Å². The Balaban J connectivity index is 1.40. The lowest BCUT2D eigenvalue weighted by molar-refractivity contribution is -0.116. The molecule has 0 radical (unpaired) electrons. The molecule has 1 fully saturated rings. The van der Waals surface area contributed by atoms with Gasteiger partial charge in [0.1, 0.15) is 5.82 Å². The number of rotatable bonds is 6. The Hall–Kier alpha value is -2.75. The minimum atomic E-state index is -3.60. The van der Waals surface area contributed by atoms with Crippen LogP contribution >= 0.6 is 0 Å². The van der Waals surface area contributed by atoms with E-state index in [0.29, 0.717) is 38.4 Å². The number of imidazole rings is 1. The Kier molecular flexibility index (Phi) is 5.61. The van der Waals surface area contributed by atoms with Gasteiger partial charge in [-0.15, -0.1) is 0 Å². The fraction of sp³-hybridized carbons (Fsp3) is 0.300. The predicted octanol–water partition coefficient (Wildman–Crippen LogP) is 2.16. The van der Waals surface area contributed by atoms with Gasteiger partial charge in [0.2, 0.25) is 15.9 Å². The average molecular weight is 414 g/mol. The van der Waals surface area contributed by atoms with Crippen molar-refractivity contribution in [2.24, 2.45) is 0 Å². The fourth-order valence-corrected chi connectivity index (χ4v) is 4.70. The smallest absolute Gasteiger partial charge is 0.243 e. The highest BCUT2D eigenvalue weighted by Crippen LogP contribution is 2.21. The molecule has 0 aliphatic carbocycles. The van der Waals surface area contributed by atoms with Gasteiger partial charge in [-0.1, -0.05) is 18.2 Å². The summed E-state index contributed by atoms with van der Waals surface area (Å²) in [5, 5.41) is 2.77. The zero-order valence-electron chi connectivity index (χ0n) is 15.8. The van der Waals surface area contributed by atoms with Gasteiger partial charge in [-0.3, -0.25) is 4.79 Å². The first-order valence-corrected chi connectivity index (χ1v) is 10.9. The Morgan fingerprint density at radius 3 is 2.72 bits per heavy atom. The summed E-state index contributed by atoms with van der Waals surface area (Å²) < 4.78 is 32.2. The number of sulfonamides is 1. The molecule has 0 atom stereocenters. The first kappa shape index (κ1) is 19.6. The number of H-pyrrole nitrogens is 1. The number of aromatic nitrogens is 2. The number of carbonyl (C=O) groups excluding carboxylic acids is 1. The van der Waals surface area contributed by atoms with Crippen LogP contribution < -0.4 is 5.32 Å². The number of fused-ring (bicyclic) bond motifs is 1. The Morgan fingerprint density at radius 2 is 1.93 bits per heavy atom. The molecule has 0 spiro atoms. The van der Waals surface area contributed by atoms with Crippen molar-refractivity contribution >= 4 is 32.7 Å². The second kappa shape index (κ2) is 8.32. The van der Waals surface area contributed by atoms with Crippen LogP contribution in [0.1, 0.15) is 12.2 Å². The number of nitrogens with zero attached hydrogens (tertiary/aromatic N) is 2. The van der Waals surface area contributed by atoms with Gasteiger partial charge < -0.3 is 15.0 Å². The predicted molar refractivity (Wildman–Crippen MR) is 109 cm³/mol. The first-order valence-electron chi connectivity index (χ1n) is 9.44. The monoisotopic (exact) mass is 414 g/mol. The minimum Gasteiger partial charge on any atom is -0.379 e. The van der Waals surface area contributed by atoms with Crippen molar-refractivity contribution in [1.82, 2.24) is 14.3 Å². The SMILES string of the molecule is O=C(CCc1nc2ccccc2[nH]1)Nc1cccc(S(=O)(=O)N2CCOCC2)c1. The largest absolute Gasteiger partial charge is 0.379 e. The first-order chi connectivity index (χ1) is 14.0. The molecule has 0 bridgehead atoms. The zero-order chi connectivity index (χ0) is 20.3. The van der Waals surface area contributed by atoms with Gasteiger partial charge in [0.05, 0.1) is 29.1 Å². The number of anilines is 1. The maximum Gasteiger partial charge on any atom is 0.243 e. The maximum absolute atomic E-state index is 12.8. The van der Waals surface area contributed by atoms with Crippen LogP contribution in [0.2, 0.25) is 0 Å². The topological polar surface area (TPSA) is 104 Å². The van der Waals surface area contributed by atoms with Gasteiger partial charge in [0.25, 0.3) is 0 Å². The molecule has 1 aromatic heterocycles. The van der Waals surface area contributed by atoms with E-state index in [9.17, 15) is 13.2 Å². The normalized spacial score (nSPS) is 15.4. The highest BCUT2D eigenvalue weighted by molar-refractivity contribution is 7.89. The summed E-state index contributed by atoms with van der Waals surface area (Å²) in [6.45, 7) is 1.43. The molecule has 0 saturated carbocycles. The molecule has 0 unspecified atom stereocenters. The van der Waals surface area contributed by atoms with Crippen LogP contribution in [-0.2, 0) is 26.0 Å². The van der Waals surface area contributed by atoms with E-state index in [4.69, 9.17) is 4.74 Å². The molecule has 2 heterocycles. The van der Waals surface area contributed by atoms with Crippen LogP contribution in [-0.4, -0.2) is 54.9 Å². The fourth-order valence-electron chi connectivity index (χ4n) is 3.25. The maximum atomic E-state index is 12.8. The van der Waals surface area contributed by atoms with E-state index < -0.39 is 10.0 Å². The van der Waals surface area contributed by atoms with Crippen LogP contribution in [0.5, 0.6) is 0 Å². The highest BCUT2D eigenvalue weighted by atomic mass is 32.2. The number of amides is 1. The number of aromatic amines is 1. The summed E-state index contributed by atoms with van der Waals surface area (Å²) in [7, 11) is -3.60. The Morgan fingerprint density at radius 1 is 1.14 bits per heavy atom. The van der Waals surface area contributed by atoms with E-state index >= 15 is 0 Å². The molecule has 9 heteroatoms. The van der Waals surface area contributed by atoms with E-state index in [1.165, 1.54) is 16.4 Å². The summed E-state index contributed by atoms with van der Waals surface area (Å²) in [4.78, 5) is 20.1. The number of nitrogens with one attached hydrogen (secondary N) is 2. The molecule has 1 amide bonds. The van der Waals surface area contributed by atoms with Gasteiger partial charge in [-0.2, -0.15) is 4.31 Å². The van der Waals surface area contributed by atoms with Crippen LogP contribution in [0.4, 0.5) is 5.69 Å². The standard InChI is InChI=1S/C20H22N4O4S/c25-20(9-8-19-22-17-6-1-2-7-18(17)23-19)21-15-4-3-5-16(14-15)29(26,27)24-10-12-28-13-11-24/h1-7,14H,8-13H2,(H,21,25)(H,22,23). The van der Waals surface area contributed by atoms with Crippen LogP contribution in [0.25, 0.3) is 11.0 Å². The molecule has 1 aliphatic rings. The quantitative estimate of drug-likeness (QED) is 0.643. The molecule has 3 aromatic rings. The van der Waals surface area contributed by atoms with Gasteiger partial charge in [0, 0.05) is 31.6 Å². The molecular weight excluding hydrogens is 392 g/mol. The second-order valence-corrected chi connectivity index (χ2v) is 8.73. The van der Waals surface area contributed by atoms with E-state index in [1.807, 2.05) is 24.3 Å². The van der Waals surface area contributed by atoms with Crippen molar-refractivity contribution < 1.29 is 17.9 Å². The molecular formula is C20H22N4O4S. The molecule has 1 saturated heterocycles. The molecule has 4 rings (SSSR count). The Labute approximate surface area is 168 Å². The summed E-state index contributed by atoms with van der Waals surface area (Å²) in [6.07, 6.45) is 0.701. The van der Waals surface area contributed by atoms with Crippen molar-refractivity contribution in [2.75, 3.05) is 31.6 Å². The van der Waals surface area contributed by atoms with E-state index in [0.717, 1.165) is 16.9 Å². The van der Waals surface area contributed by atoms with Crippen molar-refractivity contribution in [3.8, 4) is 0 Å². The van der Waals surface area contributed by atoms with Crippen molar-refractivity contribution in [3.05, 3.63) is 54.4 Å². The second-order valence-electron chi connectivity index (χ2n) is 6.79. The Bertz CT molecular complexity index is 1090. The third-order valence-electron chi connectivity index (χ3n) is 4.75. The highest BCUT2D eigenvalue weighted by Gasteiger charge is 2.26. The number of para-hydroxylation sites is 2. The van der Waals surface area contributed by atoms with E-state index in [1.54, 1.807) is 12.1 Å². The summed E-state index contributed by atoms with van der Waals surface area (Å²) in [6, 6.07) is 14.0. The number of morpholine rings is 1. The third kappa shape index (κ3) is 4.47. The van der Waals surface area contributed by atoms with E-state index in [2.05, 4.69) is 15.3 Å². The number of aryl methyl sites for hydroxylation is 1. The molecule has 1 aliphatic heterocycles. The number of carbonyl (C=O) groups is 1. The molecule has 2 aromatic carbocycles. The molecule has 29 heavy (non-hydrogen) atoms. The lowest BCUT2D eigenvalue weighted by Crippen LogP contribution is -2.40. The molecule has 8 nitrogen and oxygen atoms in total. The number of hydrogen-bond acceptors (Lipinski definition) is 5. The lowest BCUT2D eigenvalue weighted by atomic mass is 10.2. The zero-order valence-corrected chi connectivity index (χ0v) is 16.6. The van der Waals surface area contributed by atoms with Crippen molar-refractivity contribution in [2.45, 2.75) is 17.7 Å². The molecule has 152 valence electrons. The number of benzene rings is 2. The van der Waals surface area contributed by atoms with Crippen LogP contribution in [0, 0.1) is 0 Å². The number of hydrogen-bond donors (Lipinski definition) is 2. The van der Waals surface area contributed by atoms with E-state index in [-0.39, 0.29) is 17.2 Å². The van der Waals surface area contributed by atoms with Gasteiger partial charge in [-0.05, 0) is 30.3 Å². The van der Waals surface area contributed by atoms with Gasteiger partial charge in [0.15, 0.2) is 0 Å². The van der Waals surface area contributed by atoms with Crippen LogP contribution in [0.3, 0.4) is 0 Å². The summed E-state index contributed by atoms with van der Waals surface area (Å²) in [5.41, 5.74) is 2.25. The van der Waals surface area contributed by atoms with Gasteiger partial charge in [-0.25, -0.2) is 13.4 Å².